The number of hydrogen-bond acceptors (Lipinski definition) is 3. The summed E-state index contributed by atoms with van der Waals surface area (Å²) >= 11 is 0. The van der Waals surface area contributed by atoms with Gasteiger partial charge in [-0.15, -0.1) is 0 Å². The van der Waals surface area contributed by atoms with E-state index in [0.29, 0.717) is 19.0 Å². The zero-order valence-corrected chi connectivity index (χ0v) is 15.2. The molecule has 1 aromatic rings. The van der Waals surface area contributed by atoms with Gasteiger partial charge in [0.15, 0.2) is 0 Å². The maximum atomic E-state index is 13.0. The van der Waals surface area contributed by atoms with E-state index in [1.54, 1.807) is 12.0 Å². The summed E-state index contributed by atoms with van der Waals surface area (Å²) in [6, 6.07) is 7.83. The fourth-order valence-electron chi connectivity index (χ4n) is 4.12. The lowest BCUT2D eigenvalue weighted by molar-refractivity contribution is -0.138. The van der Waals surface area contributed by atoms with Crippen LogP contribution in [0.3, 0.4) is 0 Å². The van der Waals surface area contributed by atoms with Crippen molar-refractivity contribution in [2.45, 2.75) is 51.5 Å². The van der Waals surface area contributed by atoms with Gasteiger partial charge < -0.3 is 14.5 Å². The maximum absolute atomic E-state index is 13.0. The summed E-state index contributed by atoms with van der Waals surface area (Å²) in [5, 5.41) is 0. The number of rotatable bonds is 5. The van der Waals surface area contributed by atoms with Crippen molar-refractivity contribution in [3.8, 4) is 5.75 Å². The Morgan fingerprint density at radius 3 is 2.72 bits per heavy atom. The Balaban J connectivity index is 1.71. The lowest BCUT2D eigenvalue weighted by Crippen LogP contribution is -2.45. The smallest absolute Gasteiger partial charge is 0.228 e. The second-order valence-electron chi connectivity index (χ2n) is 7.02. The molecule has 1 heterocycles. The molecule has 0 N–H and O–H groups in total. The van der Waals surface area contributed by atoms with Crippen molar-refractivity contribution in [3.05, 3.63) is 24.3 Å². The van der Waals surface area contributed by atoms with Crippen LogP contribution in [-0.4, -0.2) is 43.0 Å². The normalized spacial score (nSPS) is 21.4. The Kier molecular flexibility index (Phi) is 5.61. The standard InChI is InChI=1S/C20H28N2O3/c1-3-21(16-8-5-4-6-9-16)20(24)15-12-19(23)22(14-15)17-10-7-11-18(13-17)25-2/h7,10-11,13,15-16H,3-6,8-9,12,14H2,1-2H3/t15-/m0/s1. The Bertz CT molecular complexity index is 625. The van der Waals surface area contributed by atoms with Gasteiger partial charge in [-0.1, -0.05) is 25.3 Å². The minimum atomic E-state index is -0.236. The Hall–Kier alpha value is -2.04. The average molecular weight is 344 g/mol. The highest BCUT2D eigenvalue weighted by Crippen LogP contribution is 2.30. The molecule has 2 aliphatic rings. The molecule has 0 radical (unpaired) electrons. The maximum Gasteiger partial charge on any atom is 0.228 e. The summed E-state index contributed by atoms with van der Waals surface area (Å²) in [5.41, 5.74) is 0.806. The van der Waals surface area contributed by atoms with Gasteiger partial charge in [0, 0.05) is 37.3 Å². The zero-order chi connectivity index (χ0) is 17.8. The minimum Gasteiger partial charge on any atom is -0.497 e. The molecule has 1 aliphatic heterocycles. The molecule has 0 bridgehead atoms. The van der Waals surface area contributed by atoms with Crippen molar-refractivity contribution in [1.82, 2.24) is 4.90 Å². The van der Waals surface area contributed by atoms with E-state index in [-0.39, 0.29) is 17.7 Å². The van der Waals surface area contributed by atoms with Crippen molar-refractivity contribution in [1.29, 1.82) is 0 Å². The zero-order valence-electron chi connectivity index (χ0n) is 15.2. The van der Waals surface area contributed by atoms with Crippen LogP contribution in [0.4, 0.5) is 5.69 Å². The molecule has 2 amide bonds. The van der Waals surface area contributed by atoms with E-state index in [2.05, 4.69) is 0 Å². The summed E-state index contributed by atoms with van der Waals surface area (Å²) in [7, 11) is 1.61. The molecule has 5 heteroatoms. The minimum absolute atomic E-state index is 0.0197. The molecule has 1 aliphatic carbocycles. The van der Waals surface area contributed by atoms with Crippen molar-refractivity contribution < 1.29 is 14.3 Å². The average Bonchev–Trinajstić information content (AvgIpc) is 3.05. The Labute approximate surface area is 149 Å². The van der Waals surface area contributed by atoms with Gasteiger partial charge >= 0.3 is 0 Å². The van der Waals surface area contributed by atoms with Gasteiger partial charge in [-0.05, 0) is 31.9 Å². The monoisotopic (exact) mass is 344 g/mol. The lowest BCUT2D eigenvalue weighted by Gasteiger charge is -2.35. The van der Waals surface area contributed by atoms with E-state index < -0.39 is 0 Å². The number of carbonyl (C=O) groups excluding carboxylic acids is 2. The molecule has 0 unspecified atom stereocenters. The largest absolute Gasteiger partial charge is 0.497 e. The molecule has 1 saturated carbocycles. The predicted molar refractivity (Wildman–Crippen MR) is 97.7 cm³/mol. The fourth-order valence-corrected chi connectivity index (χ4v) is 4.12. The van der Waals surface area contributed by atoms with Crippen molar-refractivity contribution in [2.75, 3.05) is 25.1 Å². The first-order valence-electron chi connectivity index (χ1n) is 9.39. The summed E-state index contributed by atoms with van der Waals surface area (Å²) in [6.07, 6.45) is 6.18. The Morgan fingerprint density at radius 2 is 2.04 bits per heavy atom. The van der Waals surface area contributed by atoms with Crippen LogP contribution in [0.15, 0.2) is 24.3 Å². The first kappa shape index (κ1) is 17.8. The molecule has 136 valence electrons. The number of carbonyl (C=O) groups is 2. The van der Waals surface area contributed by atoms with E-state index in [0.717, 1.165) is 30.8 Å². The third-order valence-electron chi connectivity index (χ3n) is 5.48. The number of anilines is 1. The molecule has 0 spiro atoms. The van der Waals surface area contributed by atoms with Crippen molar-refractivity contribution >= 4 is 17.5 Å². The molecule has 2 fully saturated rings. The van der Waals surface area contributed by atoms with Gasteiger partial charge in [-0.2, -0.15) is 0 Å². The quantitative estimate of drug-likeness (QED) is 0.824. The highest BCUT2D eigenvalue weighted by atomic mass is 16.5. The van der Waals surface area contributed by atoms with E-state index >= 15 is 0 Å². The van der Waals surface area contributed by atoms with E-state index in [4.69, 9.17) is 4.74 Å². The molecule has 1 atom stereocenters. The van der Waals surface area contributed by atoms with Crippen LogP contribution in [-0.2, 0) is 9.59 Å². The SMILES string of the molecule is CCN(C(=O)[C@H]1CC(=O)N(c2cccc(OC)c2)C1)C1CCCCC1. The van der Waals surface area contributed by atoms with E-state index in [1.807, 2.05) is 36.1 Å². The third kappa shape index (κ3) is 3.80. The second kappa shape index (κ2) is 7.89. The third-order valence-corrected chi connectivity index (χ3v) is 5.48. The number of amides is 2. The van der Waals surface area contributed by atoms with Crippen LogP contribution in [0.2, 0.25) is 0 Å². The topological polar surface area (TPSA) is 49.9 Å². The van der Waals surface area contributed by atoms with Gasteiger partial charge in [-0.25, -0.2) is 0 Å². The van der Waals surface area contributed by atoms with Gasteiger partial charge in [-0.3, -0.25) is 9.59 Å². The summed E-state index contributed by atoms with van der Waals surface area (Å²) in [4.78, 5) is 29.3. The first-order valence-corrected chi connectivity index (χ1v) is 9.39. The van der Waals surface area contributed by atoms with E-state index in [9.17, 15) is 9.59 Å². The van der Waals surface area contributed by atoms with Crippen molar-refractivity contribution in [3.63, 3.8) is 0 Å². The second-order valence-corrected chi connectivity index (χ2v) is 7.02. The van der Waals surface area contributed by atoms with Gasteiger partial charge in [0.05, 0.1) is 13.0 Å². The molecular formula is C20H28N2O3. The van der Waals surface area contributed by atoms with Crippen LogP contribution in [0, 0.1) is 5.92 Å². The summed E-state index contributed by atoms with van der Waals surface area (Å²) in [5.74, 6) is 0.650. The Morgan fingerprint density at radius 1 is 1.28 bits per heavy atom. The molecular weight excluding hydrogens is 316 g/mol. The van der Waals surface area contributed by atoms with Crippen molar-refractivity contribution in [2.24, 2.45) is 5.92 Å². The molecule has 5 nitrogen and oxygen atoms in total. The molecule has 1 aromatic carbocycles. The summed E-state index contributed by atoms with van der Waals surface area (Å²) in [6.45, 7) is 3.24. The molecule has 25 heavy (non-hydrogen) atoms. The number of hydrogen-bond donors (Lipinski definition) is 0. The van der Waals surface area contributed by atoms with E-state index in [1.165, 1.54) is 19.3 Å². The highest BCUT2D eigenvalue weighted by molar-refractivity contribution is 6.00. The fraction of sp³-hybridized carbons (Fsp3) is 0.600. The number of benzene rings is 1. The first-order chi connectivity index (χ1) is 12.1. The molecule has 3 rings (SSSR count). The number of nitrogens with zero attached hydrogens (tertiary/aromatic N) is 2. The summed E-state index contributed by atoms with van der Waals surface area (Å²) < 4.78 is 5.25. The van der Waals surface area contributed by atoms with Gasteiger partial charge in [0.1, 0.15) is 5.75 Å². The van der Waals surface area contributed by atoms with Gasteiger partial charge in [0.2, 0.25) is 11.8 Å². The van der Waals surface area contributed by atoms with Crippen LogP contribution >= 0.6 is 0 Å². The predicted octanol–water partition coefficient (Wildman–Crippen LogP) is 3.23. The number of ether oxygens (including phenoxy) is 1. The van der Waals surface area contributed by atoms with Crippen LogP contribution in [0.25, 0.3) is 0 Å². The molecule has 0 aromatic heterocycles. The van der Waals surface area contributed by atoms with Crippen LogP contribution in [0.1, 0.15) is 45.4 Å². The molecule has 1 saturated heterocycles. The number of methoxy groups -OCH3 is 1. The highest BCUT2D eigenvalue weighted by Gasteiger charge is 2.38. The van der Waals surface area contributed by atoms with Crippen LogP contribution in [0.5, 0.6) is 5.75 Å². The van der Waals surface area contributed by atoms with Gasteiger partial charge in [0.25, 0.3) is 0 Å². The van der Waals surface area contributed by atoms with Crippen LogP contribution < -0.4 is 9.64 Å². The lowest BCUT2D eigenvalue weighted by atomic mass is 9.93.